The molecule has 0 bridgehead atoms. The minimum Gasteiger partial charge on any atom is -0.480 e. The Bertz CT molecular complexity index is 496. The van der Waals surface area contributed by atoms with Gasteiger partial charge in [0.1, 0.15) is 0 Å². The van der Waals surface area contributed by atoms with E-state index in [1.165, 1.54) is 11.2 Å². The minimum absolute atomic E-state index is 0.0708. The van der Waals surface area contributed by atoms with E-state index in [4.69, 9.17) is 5.11 Å². The van der Waals surface area contributed by atoms with Crippen molar-refractivity contribution in [3.05, 3.63) is 35.1 Å². The zero-order valence-electron chi connectivity index (χ0n) is 9.11. The number of carboxylic acids is 1. The molecule has 18 heavy (non-hydrogen) atoms. The van der Waals surface area contributed by atoms with E-state index in [9.17, 15) is 18.0 Å². The van der Waals surface area contributed by atoms with Crippen molar-refractivity contribution in [2.45, 2.75) is 12.6 Å². The topological polar surface area (TPSA) is 52.9 Å². The van der Waals surface area contributed by atoms with Crippen LogP contribution in [0.1, 0.15) is 5.56 Å². The number of hydrogen-bond donors (Lipinski definition) is 1. The zero-order valence-corrected chi connectivity index (χ0v) is 9.11. The third kappa shape index (κ3) is 2.44. The van der Waals surface area contributed by atoms with Crippen molar-refractivity contribution < 1.29 is 23.1 Å². The van der Waals surface area contributed by atoms with Crippen LogP contribution in [0.25, 0.3) is 0 Å². The Balaban J connectivity index is 2.08. The van der Waals surface area contributed by atoms with E-state index in [2.05, 4.69) is 4.99 Å². The number of rotatable bonds is 3. The molecule has 0 amide bonds. The minimum atomic E-state index is -1.52. The molecule has 1 aromatic carbocycles. The molecule has 0 spiro atoms. The summed E-state index contributed by atoms with van der Waals surface area (Å²) >= 11 is 0. The molecule has 4 nitrogen and oxygen atoms in total. The molecule has 2 rings (SSSR count). The van der Waals surface area contributed by atoms with Gasteiger partial charge in [0.2, 0.25) is 0 Å². The molecule has 0 aromatic heterocycles. The van der Waals surface area contributed by atoms with Crippen LogP contribution in [-0.4, -0.2) is 34.9 Å². The van der Waals surface area contributed by atoms with E-state index in [0.717, 1.165) is 12.1 Å². The van der Waals surface area contributed by atoms with Crippen molar-refractivity contribution in [3.63, 3.8) is 0 Å². The fraction of sp³-hybridized carbons (Fsp3) is 0.273. The molecule has 1 aromatic rings. The van der Waals surface area contributed by atoms with Gasteiger partial charge in [-0.05, 0) is 17.7 Å². The fourth-order valence-electron chi connectivity index (χ4n) is 1.67. The van der Waals surface area contributed by atoms with E-state index in [0.29, 0.717) is 0 Å². The largest absolute Gasteiger partial charge is 0.480 e. The van der Waals surface area contributed by atoms with Crippen LogP contribution in [0.4, 0.5) is 13.2 Å². The lowest BCUT2D eigenvalue weighted by molar-refractivity contribution is -0.138. The Kier molecular flexibility index (Phi) is 3.22. The average molecular weight is 258 g/mol. The van der Waals surface area contributed by atoms with E-state index in [1.54, 1.807) is 0 Å². The molecule has 0 saturated carbocycles. The summed E-state index contributed by atoms with van der Waals surface area (Å²) < 4.78 is 38.6. The van der Waals surface area contributed by atoms with Crippen LogP contribution in [0, 0.1) is 17.5 Å². The second-order valence-corrected chi connectivity index (χ2v) is 3.92. The van der Waals surface area contributed by atoms with Gasteiger partial charge < -0.3 is 10.0 Å². The summed E-state index contributed by atoms with van der Waals surface area (Å²) in [5.41, 5.74) is 0.212. The molecule has 0 radical (unpaired) electrons. The van der Waals surface area contributed by atoms with Gasteiger partial charge >= 0.3 is 5.97 Å². The molecule has 1 aliphatic rings. The Morgan fingerprint density at radius 3 is 2.50 bits per heavy atom. The highest BCUT2D eigenvalue weighted by molar-refractivity contribution is 5.78. The Morgan fingerprint density at radius 2 is 2.00 bits per heavy atom. The van der Waals surface area contributed by atoms with Gasteiger partial charge in [-0.25, -0.2) is 18.0 Å². The van der Waals surface area contributed by atoms with Gasteiger partial charge in [-0.15, -0.1) is 0 Å². The first kappa shape index (κ1) is 12.4. The summed E-state index contributed by atoms with van der Waals surface area (Å²) in [6.07, 6.45) is 1.30. The SMILES string of the molecule is O=C(O)C1CN(Cc2cc(F)c(F)c(F)c2)C=N1. The molecule has 1 atom stereocenters. The van der Waals surface area contributed by atoms with Crippen molar-refractivity contribution in [1.82, 2.24) is 4.90 Å². The number of aliphatic carboxylic acids is 1. The van der Waals surface area contributed by atoms with Crippen LogP contribution in [-0.2, 0) is 11.3 Å². The van der Waals surface area contributed by atoms with Crippen molar-refractivity contribution in [1.29, 1.82) is 0 Å². The molecular formula is C11H9F3N2O2. The highest BCUT2D eigenvalue weighted by Gasteiger charge is 2.24. The smallest absolute Gasteiger partial charge is 0.330 e. The number of benzene rings is 1. The molecule has 1 heterocycles. The van der Waals surface area contributed by atoms with Gasteiger partial charge in [0.25, 0.3) is 0 Å². The lowest BCUT2D eigenvalue weighted by atomic mass is 10.2. The molecule has 7 heteroatoms. The van der Waals surface area contributed by atoms with E-state index >= 15 is 0 Å². The van der Waals surface area contributed by atoms with Crippen LogP contribution < -0.4 is 0 Å². The highest BCUT2D eigenvalue weighted by atomic mass is 19.2. The summed E-state index contributed by atoms with van der Waals surface area (Å²) in [7, 11) is 0. The summed E-state index contributed by atoms with van der Waals surface area (Å²) in [6, 6.07) is 0.876. The van der Waals surface area contributed by atoms with Crippen molar-refractivity contribution >= 4 is 12.3 Å². The van der Waals surface area contributed by atoms with Crippen LogP contribution in [0.5, 0.6) is 0 Å². The maximum absolute atomic E-state index is 13.0. The van der Waals surface area contributed by atoms with Crippen molar-refractivity contribution in [2.24, 2.45) is 4.99 Å². The number of halogens is 3. The highest BCUT2D eigenvalue weighted by Crippen LogP contribution is 2.16. The lowest BCUT2D eigenvalue weighted by Crippen LogP contribution is -2.27. The summed E-state index contributed by atoms with van der Waals surface area (Å²) in [4.78, 5) is 15.8. The first-order chi connectivity index (χ1) is 8.47. The van der Waals surface area contributed by atoms with Gasteiger partial charge in [0.05, 0.1) is 12.9 Å². The Hall–Kier alpha value is -2.05. The van der Waals surface area contributed by atoms with Crippen LogP contribution >= 0.6 is 0 Å². The van der Waals surface area contributed by atoms with Gasteiger partial charge in [0, 0.05) is 6.54 Å². The molecule has 1 N–H and O–H groups in total. The number of carboxylic acid groups (broad SMARTS) is 1. The van der Waals surface area contributed by atoms with E-state index < -0.39 is 29.5 Å². The standard InChI is InChI=1S/C11H9F3N2O2/c12-7-1-6(2-8(13)10(7)14)3-16-4-9(11(17)18)15-5-16/h1-2,5,9H,3-4H2,(H,17,18). The molecular weight excluding hydrogens is 249 g/mol. The number of carbonyl (C=O) groups is 1. The molecule has 1 aliphatic heterocycles. The average Bonchev–Trinajstić information content (AvgIpc) is 2.74. The molecule has 1 unspecified atom stereocenters. The first-order valence-electron chi connectivity index (χ1n) is 5.11. The quantitative estimate of drug-likeness (QED) is 0.834. The Labute approximate surface area is 100 Å². The van der Waals surface area contributed by atoms with Gasteiger partial charge in [-0.2, -0.15) is 0 Å². The monoisotopic (exact) mass is 258 g/mol. The van der Waals surface area contributed by atoms with Crippen LogP contribution in [0.3, 0.4) is 0 Å². The number of aliphatic imine (C=N–C) groups is 1. The third-order valence-corrected chi connectivity index (χ3v) is 2.53. The predicted octanol–water partition coefficient (Wildman–Crippen LogP) is 1.40. The van der Waals surface area contributed by atoms with E-state index in [-0.39, 0.29) is 18.7 Å². The summed E-state index contributed by atoms with van der Waals surface area (Å²) in [5, 5.41) is 8.71. The molecule has 0 saturated heterocycles. The van der Waals surface area contributed by atoms with Gasteiger partial charge in [-0.1, -0.05) is 0 Å². The van der Waals surface area contributed by atoms with Crippen LogP contribution in [0.2, 0.25) is 0 Å². The van der Waals surface area contributed by atoms with Crippen molar-refractivity contribution in [2.75, 3.05) is 6.54 Å². The lowest BCUT2D eigenvalue weighted by Gasteiger charge is -2.15. The van der Waals surface area contributed by atoms with Crippen molar-refractivity contribution in [3.8, 4) is 0 Å². The van der Waals surface area contributed by atoms with E-state index in [1.807, 2.05) is 0 Å². The second kappa shape index (κ2) is 4.67. The Morgan fingerprint density at radius 1 is 1.39 bits per heavy atom. The van der Waals surface area contributed by atoms with Crippen LogP contribution in [0.15, 0.2) is 17.1 Å². The third-order valence-electron chi connectivity index (χ3n) is 2.53. The first-order valence-corrected chi connectivity index (χ1v) is 5.11. The summed E-state index contributed by atoms with van der Waals surface area (Å²) in [6.45, 7) is 0.192. The van der Waals surface area contributed by atoms with Gasteiger partial charge in [-0.3, -0.25) is 4.99 Å². The maximum atomic E-state index is 13.0. The normalized spacial score (nSPS) is 18.4. The molecule has 0 fully saturated rings. The predicted molar refractivity (Wildman–Crippen MR) is 56.6 cm³/mol. The molecule has 0 aliphatic carbocycles. The second-order valence-electron chi connectivity index (χ2n) is 3.92. The maximum Gasteiger partial charge on any atom is 0.330 e. The molecule has 96 valence electrons. The number of hydrogen-bond acceptors (Lipinski definition) is 3. The fourth-order valence-corrected chi connectivity index (χ4v) is 1.67. The number of nitrogens with zero attached hydrogens (tertiary/aromatic N) is 2. The summed E-state index contributed by atoms with van der Waals surface area (Å²) in [5.74, 6) is -5.12. The van der Waals surface area contributed by atoms with Gasteiger partial charge in [0.15, 0.2) is 23.5 Å². The zero-order chi connectivity index (χ0) is 13.3.